The van der Waals surface area contributed by atoms with Gasteiger partial charge in [-0.25, -0.2) is 0 Å². The van der Waals surface area contributed by atoms with E-state index in [1.54, 1.807) is 11.9 Å². The van der Waals surface area contributed by atoms with Crippen LogP contribution in [0.1, 0.15) is 27.2 Å². The van der Waals surface area contributed by atoms with Gasteiger partial charge in [-0.05, 0) is 5.41 Å². The van der Waals surface area contributed by atoms with Crippen LogP contribution in [0.5, 0.6) is 0 Å². The molecule has 4 heteroatoms. The van der Waals surface area contributed by atoms with Crippen LogP contribution in [-0.4, -0.2) is 37.5 Å². The zero-order chi connectivity index (χ0) is 11.4. The van der Waals surface area contributed by atoms with Crippen LogP contribution in [-0.2, 0) is 14.3 Å². The van der Waals surface area contributed by atoms with Gasteiger partial charge in [0, 0.05) is 13.6 Å². The van der Waals surface area contributed by atoms with E-state index in [2.05, 4.69) is 4.74 Å². The van der Waals surface area contributed by atoms with Crippen LogP contribution in [0.2, 0.25) is 0 Å². The fourth-order valence-corrected chi connectivity index (χ4v) is 1.13. The Morgan fingerprint density at radius 1 is 1.29 bits per heavy atom. The first kappa shape index (κ1) is 12.9. The van der Waals surface area contributed by atoms with Crippen molar-refractivity contribution in [1.29, 1.82) is 0 Å². The number of rotatable bonds is 3. The van der Waals surface area contributed by atoms with Gasteiger partial charge in [-0.2, -0.15) is 0 Å². The van der Waals surface area contributed by atoms with E-state index >= 15 is 0 Å². The fourth-order valence-electron chi connectivity index (χ4n) is 1.13. The number of nitrogens with zero attached hydrogens (tertiary/aromatic N) is 1. The number of hydrogen-bond acceptors (Lipinski definition) is 3. The van der Waals surface area contributed by atoms with Crippen molar-refractivity contribution in [1.82, 2.24) is 4.90 Å². The second-order valence-electron chi connectivity index (χ2n) is 4.56. The minimum Gasteiger partial charge on any atom is -0.469 e. The Morgan fingerprint density at radius 3 is 2.14 bits per heavy atom. The molecule has 0 rings (SSSR count). The molecule has 1 amide bonds. The molecule has 0 N–H and O–H groups in total. The summed E-state index contributed by atoms with van der Waals surface area (Å²) in [6, 6.07) is 0. The Hall–Kier alpha value is -1.06. The Bertz CT molecular complexity index is 218. The molecule has 4 nitrogen and oxygen atoms in total. The number of carbonyl (C=O) groups excluding carboxylic acids is 2. The van der Waals surface area contributed by atoms with Crippen LogP contribution in [0.25, 0.3) is 0 Å². The van der Waals surface area contributed by atoms with Gasteiger partial charge in [-0.3, -0.25) is 9.59 Å². The predicted molar refractivity (Wildman–Crippen MR) is 53.7 cm³/mol. The highest BCUT2D eigenvalue weighted by Crippen LogP contribution is 2.14. The molecule has 0 aliphatic carbocycles. The van der Waals surface area contributed by atoms with Crippen LogP contribution in [0.3, 0.4) is 0 Å². The zero-order valence-corrected chi connectivity index (χ0v) is 9.59. The standard InChI is InChI=1S/C10H19NO3/c1-10(2,3)7-11(4)8(12)6-9(13)14-5/h6-7H2,1-5H3. The van der Waals surface area contributed by atoms with E-state index in [-0.39, 0.29) is 17.7 Å². The van der Waals surface area contributed by atoms with Gasteiger partial charge in [0.2, 0.25) is 5.91 Å². The third-order valence-electron chi connectivity index (χ3n) is 1.66. The van der Waals surface area contributed by atoms with E-state index in [9.17, 15) is 9.59 Å². The fraction of sp³-hybridized carbons (Fsp3) is 0.800. The number of ether oxygens (including phenoxy) is 1. The van der Waals surface area contributed by atoms with Crippen LogP contribution < -0.4 is 0 Å². The van der Waals surface area contributed by atoms with E-state index in [4.69, 9.17) is 0 Å². The SMILES string of the molecule is COC(=O)CC(=O)N(C)CC(C)(C)C. The molecule has 0 unspecified atom stereocenters. The third kappa shape index (κ3) is 5.56. The Kier molecular flexibility index (Phi) is 4.60. The maximum Gasteiger partial charge on any atom is 0.315 e. The normalized spacial score (nSPS) is 10.9. The maximum atomic E-state index is 11.4. The monoisotopic (exact) mass is 201 g/mol. The molecule has 14 heavy (non-hydrogen) atoms. The highest BCUT2D eigenvalue weighted by Gasteiger charge is 2.19. The molecule has 0 atom stereocenters. The molecular weight excluding hydrogens is 182 g/mol. The summed E-state index contributed by atoms with van der Waals surface area (Å²) >= 11 is 0. The van der Waals surface area contributed by atoms with Crippen LogP contribution in [0, 0.1) is 5.41 Å². The van der Waals surface area contributed by atoms with Gasteiger partial charge in [0.1, 0.15) is 6.42 Å². The summed E-state index contributed by atoms with van der Waals surface area (Å²) < 4.78 is 4.41. The lowest BCUT2D eigenvalue weighted by Gasteiger charge is -2.26. The summed E-state index contributed by atoms with van der Waals surface area (Å²) in [5.74, 6) is -0.692. The lowest BCUT2D eigenvalue weighted by molar-refractivity contribution is -0.146. The van der Waals surface area contributed by atoms with Gasteiger partial charge in [0.15, 0.2) is 0 Å². The van der Waals surface area contributed by atoms with Gasteiger partial charge in [0.05, 0.1) is 7.11 Å². The first-order valence-electron chi connectivity index (χ1n) is 4.57. The summed E-state index contributed by atoms with van der Waals surface area (Å²) in [7, 11) is 2.97. The van der Waals surface area contributed by atoms with Gasteiger partial charge < -0.3 is 9.64 Å². The van der Waals surface area contributed by atoms with Crippen molar-refractivity contribution in [3.63, 3.8) is 0 Å². The van der Waals surface area contributed by atoms with Crippen molar-refractivity contribution >= 4 is 11.9 Å². The molecule has 0 saturated heterocycles. The van der Waals surface area contributed by atoms with E-state index in [0.29, 0.717) is 6.54 Å². The van der Waals surface area contributed by atoms with E-state index in [0.717, 1.165) is 0 Å². The van der Waals surface area contributed by atoms with Crippen LogP contribution in [0.4, 0.5) is 0 Å². The minimum atomic E-state index is -0.490. The minimum absolute atomic E-state index is 0.0422. The lowest BCUT2D eigenvalue weighted by atomic mass is 9.96. The van der Waals surface area contributed by atoms with Crippen molar-refractivity contribution in [2.45, 2.75) is 27.2 Å². The molecule has 0 heterocycles. The average Bonchev–Trinajstić information content (AvgIpc) is 2.00. The Labute approximate surface area is 85.2 Å². The number of methoxy groups -OCH3 is 1. The van der Waals surface area contributed by atoms with E-state index < -0.39 is 5.97 Å². The lowest BCUT2D eigenvalue weighted by Crippen LogP contribution is -2.35. The first-order valence-corrected chi connectivity index (χ1v) is 4.57. The predicted octanol–water partition coefficient (Wildman–Crippen LogP) is 1.05. The molecule has 0 spiro atoms. The van der Waals surface area contributed by atoms with E-state index in [1.165, 1.54) is 7.11 Å². The highest BCUT2D eigenvalue weighted by molar-refractivity contribution is 5.94. The van der Waals surface area contributed by atoms with Crippen LogP contribution >= 0.6 is 0 Å². The average molecular weight is 201 g/mol. The summed E-state index contributed by atoms with van der Waals surface area (Å²) in [5, 5.41) is 0. The van der Waals surface area contributed by atoms with Gasteiger partial charge in [-0.15, -0.1) is 0 Å². The van der Waals surface area contributed by atoms with Gasteiger partial charge >= 0.3 is 5.97 Å². The quantitative estimate of drug-likeness (QED) is 0.506. The molecule has 0 saturated carbocycles. The van der Waals surface area contributed by atoms with Gasteiger partial charge in [-0.1, -0.05) is 20.8 Å². The molecular formula is C10H19NO3. The third-order valence-corrected chi connectivity index (χ3v) is 1.66. The first-order chi connectivity index (χ1) is 6.26. The molecule has 0 aliphatic rings. The molecule has 0 fully saturated rings. The second-order valence-corrected chi connectivity index (χ2v) is 4.56. The molecule has 0 bridgehead atoms. The molecule has 0 aromatic heterocycles. The van der Waals surface area contributed by atoms with Crippen molar-refractivity contribution in [2.24, 2.45) is 5.41 Å². The maximum absolute atomic E-state index is 11.4. The Morgan fingerprint density at radius 2 is 1.79 bits per heavy atom. The number of carbonyl (C=O) groups is 2. The largest absolute Gasteiger partial charge is 0.469 e. The highest BCUT2D eigenvalue weighted by atomic mass is 16.5. The molecule has 0 aliphatic heterocycles. The van der Waals surface area contributed by atoms with E-state index in [1.807, 2.05) is 20.8 Å². The van der Waals surface area contributed by atoms with Crippen molar-refractivity contribution in [3.8, 4) is 0 Å². The van der Waals surface area contributed by atoms with Crippen molar-refractivity contribution in [3.05, 3.63) is 0 Å². The smallest absolute Gasteiger partial charge is 0.315 e. The number of amides is 1. The molecule has 0 aromatic rings. The summed E-state index contributed by atoms with van der Waals surface area (Å²) in [6.07, 6.45) is -0.178. The molecule has 0 aromatic carbocycles. The summed E-state index contributed by atoms with van der Waals surface area (Å²) in [6.45, 7) is 6.74. The number of hydrogen-bond donors (Lipinski definition) is 0. The number of esters is 1. The summed E-state index contributed by atoms with van der Waals surface area (Å²) in [4.78, 5) is 23.8. The topological polar surface area (TPSA) is 46.6 Å². The molecule has 82 valence electrons. The van der Waals surface area contributed by atoms with Crippen molar-refractivity contribution < 1.29 is 14.3 Å². The second kappa shape index (κ2) is 4.98. The summed E-state index contributed by atoms with van der Waals surface area (Å²) in [5.41, 5.74) is 0.0422. The van der Waals surface area contributed by atoms with Crippen LogP contribution in [0.15, 0.2) is 0 Å². The van der Waals surface area contributed by atoms with Crippen molar-refractivity contribution in [2.75, 3.05) is 20.7 Å². The zero-order valence-electron chi connectivity index (χ0n) is 9.59. The molecule has 0 radical (unpaired) electrons. The van der Waals surface area contributed by atoms with Gasteiger partial charge in [0.25, 0.3) is 0 Å². The Balaban J connectivity index is 4.07.